The van der Waals surface area contributed by atoms with Crippen LogP contribution in [0.5, 0.6) is 0 Å². The number of carbonyl (C=O) groups excluding carboxylic acids is 1. The fraction of sp³-hybridized carbons (Fsp3) is 0.462. The lowest BCUT2D eigenvalue weighted by Crippen LogP contribution is -2.38. The Kier molecular flexibility index (Phi) is 5.88. The molecule has 1 aromatic rings. The summed E-state index contributed by atoms with van der Waals surface area (Å²) in [5.41, 5.74) is -0.523. The number of non-ortho nitro benzene ring substituents is 1. The van der Waals surface area contributed by atoms with Crippen molar-refractivity contribution >= 4 is 23.2 Å². The molecule has 0 saturated carbocycles. The van der Waals surface area contributed by atoms with Crippen molar-refractivity contribution in [2.75, 3.05) is 5.88 Å². The van der Waals surface area contributed by atoms with Crippen LogP contribution in [-0.4, -0.2) is 22.8 Å². The number of rotatable bonds is 6. The van der Waals surface area contributed by atoms with E-state index in [0.29, 0.717) is 12.3 Å². The van der Waals surface area contributed by atoms with E-state index in [4.69, 9.17) is 11.6 Å². The number of hydrogen-bond donors (Lipinski definition) is 1. The number of carbonyl (C=O) groups is 1. The molecule has 1 unspecified atom stereocenters. The molecule has 5 nitrogen and oxygen atoms in total. The van der Waals surface area contributed by atoms with Crippen LogP contribution >= 0.6 is 11.6 Å². The van der Waals surface area contributed by atoms with Crippen molar-refractivity contribution in [3.05, 3.63) is 39.7 Å². The van der Waals surface area contributed by atoms with E-state index in [0.717, 1.165) is 18.2 Å². The molecule has 0 spiro atoms. The van der Waals surface area contributed by atoms with Crippen LogP contribution in [0.15, 0.2) is 18.2 Å². The quantitative estimate of drug-likeness (QED) is 0.498. The second-order valence-corrected chi connectivity index (χ2v) is 5.13. The molecule has 1 aromatic carbocycles. The SMILES string of the molecule is CC(C)C(CCCl)NC(=O)c1cc(F)cc([N+](=O)[O-])c1. The van der Waals surface area contributed by atoms with Crippen molar-refractivity contribution in [3.63, 3.8) is 0 Å². The van der Waals surface area contributed by atoms with Gasteiger partial charge >= 0.3 is 0 Å². The van der Waals surface area contributed by atoms with Crippen LogP contribution in [0.3, 0.4) is 0 Å². The third-order valence-electron chi connectivity index (χ3n) is 2.90. The summed E-state index contributed by atoms with van der Waals surface area (Å²) in [6, 6.07) is 2.63. The summed E-state index contributed by atoms with van der Waals surface area (Å²) in [5.74, 6) is -0.827. The Balaban J connectivity index is 2.94. The zero-order chi connectivity index (χ0) is 15.3. The molecule has 0 aromatic heterocycles. The van der Waals surface area contributed by atoms with Gasteiger partial charge in [-0.1, -0.05) is 13.8 Å². The highest BCUT2D eigenvalue weighted by Gasteiger charge is 2.19. The highest BCUT2D eigenvalue weighted by atomic mass is 35.5. The molecule has 7 heteroatoms. The summed E-state index contributed by atoms with van der Waals surface area (Å²) in [6.45, 7) is 3.84. The molecule has 0 saturated heterocycles. The first-order valence-corrected chi connectivity index (χ1v) is 6.70. The molecule has 1 atom stereocenters. The van der Waals surface area contributed by atoms with E-state index in [1.807, 2.05) is 13.8 Å². The van der Waals surface area contributed by atoms with Gasteiger partial charge in [-0.3, -0.25) is 14.9 Å². The van der Waals surface area contributed by atoms with Gasteiger partial charge in [0.1, 0.15) is 5.82 Å². The molecule has 110 valence electrons. The maximum Gasteiger partial charge on any atom is 0.273 e. The van der Waals surface area contributed by atoms with Crippen LogP contribution in [0.2, 0.25) is 0 Å². The van der Waals surface area contributed by atoms with Gasteiger partial charge < -0.3 is 5.32 Å². The van der Waals surface area contributed by atoms with Crippen molar-refractivity contribution in [2.24, 2.45) is 5.92 Å². The molecule has 1 amide bonds. The third-order valence-corrected chi connectivity index (χ3v) is 3.12. The largest absolute Gasteiger partial charge is 0.349 e. The molecule has 1 rings (SSSR count). The van der Waals surface area contributed by atoms with Gasteiger partial charge in [0, 0.05) is 23.6 Å². The minimum absolute atomic E-state index is 0.0723. The van der Waals surface area contributed by atoms with Gasteiger partial charge in [-0.2, -0.15) is 0 Å². The predicted octanol–water partition coefficient (Wildman–Crippen LogP) is 3.12. The lowest BCUT2D eigenvalue weighted by Gasteiger charge is -2.21. The van der Waals surface area contributed by atoms with Crippen LogP contribution in [0, 0.1) is 21.8 Å². The van der Waals surface area contributed by atoms with Gasteiger partial charge in [-0.15, -0.1) is 11.6 Å². The Bertz CT molecular complexity index is 508. The third kappa shape index (κ3) is 4.45. The van der Waals surface area contributed by atoms with Crippen LogP contribution in [0.4, 0.5) is 10.1 Å². The number of nitro benzene ring substituents is 1. The van der Waals surface area contributed by atoms with E-state index in [1.54, 1.807) is 0 Å². The van der Waals surface area contributed by atoms with Crippen LogP contribution in [-0.2, 0) is 0 Å². The van der Waals surface area contributed by atoms with Gasteiger partial charge in [0.2, 0.25) is 0 Å². The normalized spacial score (nSPS) is 12.2. The molecule has 1 N–H and O–H groups in total. The molecule has 20 heavy (non-hydrogen) atoms. The van der Waals surface area contributed by atoms with Gasteiger partial charge in [0.15, 0.2) is 0 Å². The summed E-state index contributed by atoms with van der Waals surface area (Å²) in [6.07, 6.45) is 0.572. The molecule has 0 bridgehead atoms. The van der Waals surface area contributed by atoms with Gasteiger partial charge in [0.05, 0.1) is 11.0 Å². The number of nitro groups is 1. The van der Waals surface area contributed by atoms with Gasteiger partial charge in [-0.05, 0) is 18.4 Å². The fourth-order valence-corrected chi connectivity index (χ4v) is 1.99. The molecular formula is C13H16ClFN2O3. The van der Waals surface area contributed by atoms with Gasteiger partial charge in [-0.25, -0.2) is 4.39 Å². The Labute approximate surface area is 121 Å². The average molecular weight is 303 g/mol. The Morgan fingerprint density at radius 1 is 1.45 bits per heavy atom. The number of benzene rings is 1. The Morgan fingerprint density at radius 2 is 2.10 bits per heavy atom. The Morgan fingerprint density at radius 3 is 2.60 bits per heavy atom. The van der Waals surface area contributed by atoms with Crippen LogP contribution in [0.25, 0.3) is 0 Å². The molecule has 0 aliphatic heterocycles. The first kappa shape index (κ1) is 16.4. The number of amides is 1. The molecule has 0 aliphatic rings. The summed E-state index contributed by atoms with van der Waals surface area (Å²) in [5, 5.41) is 13.4. The van der Waals surface area contributed by atoms with E-state index in [-0.39, 0.29) is 17.5 Å². The number of nitrogens with zero attached hydrogens (tertiary/aromatic N) is 1. The second kappa shape index (κ2) is 7.19. The van der Waals surface area contributed by atoms with E-state index < -0.39 is 22.3 Å². The zero-order valence-electron chi connectivity index (χ0n) is 11.2. The lowest BCUT2D eigenvalue weighted by molar-refractivity contribution is -0.385. The highest BCUT2D eigenvalue weighted by Crippen LogP contribution is 2.17. The van der Waals surface area contributed by atoms with Crippen molar-refractivity contribution in [2.45, 2.75) is 26.3 Å². The monoisotopic (exact) mass is 302 g/mol. The predicted molar refractivity (Wildman–Crippen MR) is 74.5 cm³/mol. The summed E-state index contributed by atoms with van der Waals surface area (Å²) in [7, 11) is 0. The molecule has 0 fully saturated rings. The minimum Gasteiger partial charge on any atom is -0.349 e. The first-order chi connectivity index (χ1) is 9.35. The van der Waals surface area contributed by atoms with E-state index in [9.17, 15) is 19.3 Å². The standard InChI is InChI=1S/C13H16ClFN2O3/c1-8(2)12(3-4-14)16-13(18)9-5-10(15)7-11(6-9)17(19)20/h5-8,12H,3-4H2,1-2H3,(H,16,18). The lowest BCUT2D eigenvalue weighted by atomic mass is 10.0. The van der Waals surface area contributed by atoms with Crippen LogP contribution < -0.4 is 5.32 Å². The van der Waals surface area contributed by atoms with Crippen molar-refractivity contribution in [1.29, 1.82) is 0 Å². The first-order valence-electron chi connectivity index (χ1n) is 6.17. The van der Waals surface area contributed by atoms with Crippen LogP contribution in [0.1, 0.15) is 30.6 Å². The molecule has 0 radical (unpaired) electrons. The molecular weight excluding hydrogens is 287 g/mol. The topological polar surface area (TPSA) is 72.2 Å². The highest BCUT2D eigenvalue weighted by molar-refractivity contribution is 6.17. The fourth-order valence-electron chi connectivity index (χ4n) is 1.75. The smallest absolute Gasteiger partial charge is 0.273 e. The zero-order valence-corrected chi connectivity index (χ0v) is 12.0. The van der Waals surface area contributed by atoms with Crippen molar-refractivity contribution in [3.8, 4) is 0 Å². The van der Waals surface area contributed by atoms with E-state index in [1.165, 1.54) is 0 Å². The van der Waals surface area contributed by atoms with Crippen molar-refractivity contribution < 1.29 is 14.1 Å². The summed E-state index contributed by atoms with van der Waals surface area (Å²) in [4.78, 5) is 21.9. The van der Waals surface area contributed by atoms with Gasteiger partial charge in [0.25, 0.3) is 11.6 Å². The number of hydrogen-bond acceptors (Lipinski definition) is 3. The second-order valence-electron chi connectivity index (χ2n) is 4.76. The summed E-state index contributed by atoms with van der Waals surface area (Å²) >= 11 is 5.66. The average Bonchev–Trinajstić information content (AvgIpc) is 2.37. The maximum atomic E-state index is 13.3. The summed E-state index contributed by atoms with van der Waals surface area (Å²) < 4.78 is 13.3. The van der Waals surface area contributed by atoms with Crippen molar-refractivity contribution in [1.82, 2.24) is 5.32 Å². The minimum atomic E-state index is -0.817. The number of nitrogens with one attached hydrogen (secondary N) is 1. The number of alkyl halides is 1. The number of halogens is 2. The molecule has 0 heterocycles. The van der Waals surface area contributed by atoms with E-state index in [2.05, 4.69) is 5.32 Å². The molecule has 0 aliphatic carbocycles. The van der Waals surface area contributed by atoms with E-state index >= 15 is 0 Å². The maximum absolute atomic E-state index is 13.3. The Hall–Kier alpha value is -1.69.